The van der Waals surface area contributed by atoms with Crippen molar-refractivity contribution in [2.45, 2.75) is 31.6 Å². The molecule has 0 fully saturated rings. The number of carbonyl (C=O) groups is 2. The molecule has 0 spiro atoms. The first-order valence-electron chi connectivity index (χ1n) is 11.6. The minimum absolute atomic E-state index is 0.118. The van der Waals surface area contributed by atoms with Crippen LogP contribution in [0.1, 0.15) is 42.7 Å². The van der Waals surface area contributed by atoms with Crippen molar-refractivity contribution in [1.29, 1.82) is 0 Å². The molecule has 1 N–H and O–H groups in total. The molecular formula is C27H28N2O7. The molecule has 0 aromatic heterocycles. The van der Waals surface area contributed by atoms with E-state index in [1.165, 1.54) is 12.1 Å². The number of nitro benzene ring substituents is 1. The maximum absolute atomic E-state index is 13.7. The number of ketones is 1. The maximum atomic E-state index is 13.7. The summed E-state index contributed by atoms with van der Waals surface area (Å²) < 4.78 is 16.1. The predicted molar refractivity (Wildman–Crippen MR) is 132 cm³/mol. The molecule has 1 aliphatic carbocycles. The van der Waals surface area contributed by atoms with E-state index >= 15 is 0 Å². The summed E-state index contributed by atoms with van der Waals surface area (Å²) in [7, 11) is 3.12. The van der Waals surface area contributed by atoms with Crippen LogP contribution >= 0.6 is 0 Å². The Labute approximate surface area is 208 Å². The fourth-order valence-corrected chi connectivity index (χ4v) is 5.09. The Bertz CT molecular complexity index is 1270. The third kappa shape index (κ3) is 4.56. The van der Waals surface area contributed by atoms with Crippen molar-refractivity contribution in [2.75, 3.05) is 20.8 Å². The highest BCUT2D eigenvalue weighted by Crippen LogP contribution is 2.48. The van der Waals surface area contributed by atoms with E-state index in [2.05, 4.69) is 11.9 Å². The number of methoxy groups -OCH3 is 2. The number of ether oxygens (including phenoxy) is 3. The molecule has 2 aliphatic rings. The summed E-state index contributed by atoms with van der Waals surface area (Å²) >= 11 is 0. The van der Waals surface area contributed by atoms with Crippen LogP contribution in [0.3, 0.4) is 0 Å². The molecule has 2 aromatic rings. The topological polar surface area (TPSA) is 117 Å². The summed E-state index contributed by atoms with van der Waals surface area (Å²) in [5, 5.41) is 14.6. The molecule has 0 saturated heterocycles. The van der Waals surface area contributed by atoms with Crippen LogP contribution in [0.4, 0.5) is 5.69 Å². The first kappa shape index (κ1) is 25.0. The van der Waals surface area contributed by atoms with Gasteiger partial charge in [0, 0.05) is 41.4 Å². The molecule has 2 aromatic carbocycles. The van der Waals surface area contributed by atoms with E-state index in [-0.39, 0.29) is 30.4 Å². The van der Waals surface area contributed by atoms with Gasteiger partial charge in [-0.2, -0.15) is 0 Å². The van der Waals surface area contributed by atoms with Crippen LogP contribution in [-0.4, -0.2) is 37.5 Å². The third-order valence-corrected chi connectivity index (χ3v) is 6.70. The molecule has 3 unspecified atom stereocenters. The summed E-state index contributed by atoms with van der Waals surface area (Å²) in [6, 6.07) is 11.6. The highest BCUT2D eigenvalue weighted by molar-refractivity contribution is 6.01. The molecule has 3 atom stereocenters. The lowest BCUT2D eigenvalue weighted by atomic mass is 9.69. The number of Topliss-reactive ketones (excluding diaryl/α,β-unsaturated/α-hetero) is 1. The molecule has 1 aliphatic heterocycles. The Morgan fingerprint density at radius 1 is 1.11 bits per heavy atom. The zero-order valence-corrected chi connectivity index (χ0v) is 20.4. The minimum atomic E-state index is -0.896. The molecule has 0 radical (unpaired) electrons. The number of benzene rings is 2. The van der Waals surface area contributed by atoms with Gasteiger partial charge in [-0.15, -0.1) is 0 Å². The zero-order chi connectivity index (χ0) is 26.0. The molecule has 0 saturated carbocycles. The smallest absolute Gasteiger partial charge is 0.315 e. The van der Waals surface area contributed by atoms with Gasteiger partial charge in [0.2, 0.25) is 0 Å². The number of nitrogens with zero attached hydrogens (tertiary/aromatic N) is 1. The largest absolute Gasteiger partial charge is 0.493 e. The van der Waals surface area contributed by atoms with Crippen molar-refractivity contribution in [3.05, 3.63) is 87.3 Å². The molecule has 188 valence electrons. The van der Waals surface area contributed by atoms with Crippen molar-refractivity contribution >= 4 is 17.4 Å². The standard InChI is InChI=1S/C27H28N2O7/c1-5-36-27(31)24-15(2)28-20-12-18(16-9-10-22(34-3)23(14-16)35-4)13-21(30)26(20)25(24)17-7-6-8-19(11-17)29(32)33/h6-11,14,18,24-25,28H,2,5,12-13H2,1,3-4H3. The summed E-state index contributed by atoms with van der Waals surface area (Å²) in [5.74, 6) is -1.29. The second-order valence-electron chi connectivity index (χ2n) is 8.74. The summed E-state index contributed by atoms with van der Waals surface area (Å²) in [6.45, 7) is 5.92. The first-order chi connectivity index (χ1) is 17.3. The van der Waals surface area contributed by atoms with E-state index in [1.54, 1.807) is 39.3 Å². The van der Waals surface area contributed by atoms with Gasteiger partial charge in [0.15, 0.2) is 17.3 Å². The fourth-order valence-electron chi connectivity index (χ4n) is 5.09. The van der Waals surface area contributed by atoms with Crippen molar-refractivity contribution < 1.29 is 28.7 Å². The Kier molecular flexibility index (Phi) is 7.10. The van der Waals surface area contributed by atoms with E-state index in [0.29, 0.717) is 40.5 Å². The van der Waals surface area contributed by atoms with Crippen LogP contribution in [0.15, 0.2) is 66.0 Å². The van der Waals surface area contributed by atoms with E-state index in [1.807, 2.05) is 12.1 Å². The van der Waals surface area contributed by atoms with Crippen LogP contribution < -0.4 is 14.8 Å². The van der Waals surface area contributed by atoms with Crippen LogP contribution in [0.5, 0.6) is 11.5 Å². The van der Waals surface area contributed by atoms with Crippen LogP contribution in [0.2, 0.25) is 0 Å². The summed E-state index contributed by atoms with van der Waals surface area (Å²) in [5.41, 5.74) is 2.79. The fraction of sp³-hybridized carbons (Fsp3) is 0.333. The van der Waals surface area contributed by atoms with Gasteiger partial charge >= 0.3 is 5.97 Å². The van der Waals surface area contributed by atoms with Gasteiger partial charge in [0.05, 0.1) is 25.7 Å². The lowest BCUT2D eigenvalue weighted by Crippen LogP contribution is -2.42. The molecule has 9 heteroatoms. The predicted octanol–water partition coefficient (Wildman–Crippen LogP) is 4.39. The van der Waals surface area contributed by atoms with E-state index < -0.39 is 22.7 Å². The van der Waals surface area contributed by atoms with Crippen LogP contribution in [0.25, 0.3) is 0 Å². The lowest BCUT2D eigenvalue weighted by Gasteiger charge is -2.40. The van der Waals surface area contributed by atoms with Gasteiger partial charge < -0.3 is 19.5 Å². The molecule has 36 heavy (non-hydrogen) atoms. The third-order valence-electron chi connectivity index (χ3n) is 6.70. The normalized spacial score (nSPS) is 21.4. The second kappa shape index (κ2) is 10.2. The maximum Gasteiger partial charge on any atom is 0.315 e. The quantitative estimate of drug-likeness (QED) is 0.344. The number of hydrogen-bond donors (Lipinski definition) is 1. The average molecular weight is 493 g/mol. The Morgan fingerprint density at radius 2 is 1.86 bits per heavy atom. The zero-order valence-electron chi connectivity index (χ0n) is 20.4. The van der Waals surface area contributed by atoms with Gasteiger partial charge in [0.1, 0.15) is 5.92 Å². The second-order valence-corrected chi connectivity index (χ2v) is 8.74. The molecule has 0 bridgehead atoms. The number of hydrogen-bond acceptors (Lipinski definition) is 8. The minimum Gasteiger partial charge on any atom is -0.493 e. The van der Waals surface area contributed by atoms with Crippen molar-refractivity contribution in [3.63, 3.8) is 0 Å². The van der Waals surface area contributed by atoms with Gasteiger partial charge in [-0.1, -0.05) is 24.8 Å². The van der Waals surface area contributed by atoms with Crippen LogP contribution in [-0.2, 0) is 14.3 Å². The Morgan fingerprint density at radius 3 is 2.53 bits per heavy atom. The molecule has 9 nitrogen and oxygen atoms in total. The highest BCUT2D eigenvalue weighted by atomic mass is 16.6. The molecule has 0 amide bonds. The number of carbonyl (C=O) groups excluding carboxylic acids is 2. The SMILES string of the molecule is C=C1NC2=C(C(=O)CC(c3ccc(OC)c(OC)c3)C2)C(c2cccc([N+](=O)[O-])c2)C1C(=O)OCC. The average Bonchev–Trinajstić information content (AvgIpc) is 2.87. The number of allylic oxidation sites excluding steroid dienone is 2. The van der Waals surface area contributed by atoms with Crippen molar-refractivity contribution in [3.8, 4) is 11.5 Å². The molecule has 1 heterocycles. The lowest BCUT2D eigenvalue weighted by molar-refractivity contribution is -0.384. The monoisotopic (exact) mass is 492 g/mol. The van der Waals surface area contributed by atoms with Crippen LogP contribution in [0, 0.1) is 16.0 Å². The molecule has 4 rings (SSSR count). The number of esters is 1. The van der Waals surface area contributed by atoms with Gasteiger partial charge in [-0.3, -0.25) is 19.7 Å². The van der Waals surface area contributed by atoms with Crippen molar-refractivity contribution in [1.82, 2.24) is 5.32 Å². The van der Waals surface area contributed by atoms with E-state index in [9.17, 15) is 19.7 Å². The number of rotatable bonds is 7. The van der Waals surface area contributed by atoms with E-state index in [0.717, 1.165) is 5.56 Å². The van der Waals surface area contributed by atoms with E-state index in [4.69, 9.17) is 14.2 Å². The number of non-ortho nitro benzene ring substituents is 1. The summed E-state index contributed by atoms with van der Waals surface area (Å²) in [4.78, 5) is 37.6. The van der Waals surface area contributed by atoms with Gasteiger partial charge in [-0.25, -0.2) is 0 Å². The number of nitrogens with one attached hydrogen (secondary N) is 1. The summed E-state index contributed by atoms with van der Waals surface area (Å²) in [6.07, 6.45) is 0.708. The van der Waals surface area contributed by atoms with Crippen molar-refractivity contribution in [2.24, 2.45) is 5.92 Å². The van der Waals surface area contributed by atoms with Gasteiger partial charge in [-0.05, 0) is 42.5 Å². The molecular weight excluding hydrogens is 464 g/mol. The highest BCUT2D eigenvalue weighted by Gasteiger charge is 2.45. The Balaban J connectivity index is 1.80. The Hall–Kier alpha value is -4.14. The first-order valence-corrected chi connectivity index (χ1v) is 11.6. The number of nitro groups is 1. The van der Waals surface area contributed by atoms with Gasteiger partial charge in [0.25, 0.3) is 5.69 Å².